The molecule has 0 radical (unpaired) electrons. The molecule has 0 saturated carbocycles. The number of nitrogens with zero attached hydrogens (tertiary/aromatic N) is 2. The van der Waals surface area contributed by atoms with E-state index in [0.29, 0.717) is 18.7 Å². The monoisotopic (exact) mass is 563 g/mol. The summed E-state index contributed by atoms with van der Waals surface area (Å²) in [6.07, 6.45) is 0.530. The molecule has 0 bridgehead atoms. The van der Waals surface area contributed by atoms with Crippen molar-refractivity contribution in [2.75, 3.05) is 23.9 Å². The van der Waals surface area contributed by atoms with E-state index in [1.165, 1.54) is 4.90 Å². The van der Waals surface area contributed by atoms with E-state index in [-0.39, 0.29) is 23.3 Å². The molecule has 3 rings (SSSR count). The van der Waals surface area contributed by atoms with E-state index in [2.05, 4.69) is 5.32 Å². The van der Waals surface area contributed by atoms with E-state index in [1.807, 2.05) is 71.0 Å². The van der Waals surface area contributed by atoms with E-state index < -0.39 is 28.5 Å². The topological polar surface area (TPSA) is 86.8 Å². The second kappa shape index (κ2) is 13.6. The third kappa shape index (κ3) is 7.94. The van der Waals surface area contributed by atoms with Crippen LogP contribution in [0.2, 0.25) is 0 Å². The number of aryl methyl sites for hydroxylation is 3. The van der Waals surface area contributed by atoms with Crippen molar-refractivity contribution in [1.29, 1.82) is 0 Å². The van der Waals surface area contributed by atoms with Crippen molar-refractivity contribution < 1.29 is 18.0 Å². The molecule has 0 aliphatic carbocycles. The van der Waals surface area contributed by atoms with Gasteiger partial charge in [-0.2, -0.15) is 0 Å². The number of hydrogen-bond acceptors (Lipinski definition) is 4. The van der Waals surface area contributed by atoms with Gasteiger partial charge >= 0.3 is 0 Å². The predicted octanol–water partition coefficient (Wildman–Crippen LogP) is 5.04. The molecule has 40 heavy (non-hydrogen) atoms. The van der Waals surface area contributed by atoms with Gasteiger partial charge in [0.05, 0.1) is 10.6 Å². The maximum atomic E-state index is 14.0. The van der Waals surface area contributed by atoms with Crippen molar-refractivity contribution in [3.05, 3.63) is 95.1 Å². The molecule has 0 saturated heterocycles. The predicted molar refractivity (Wildman–Crippen MR) is 161 cm³/mol. The first-order valence-corrected chi connectivity index (χ1v) is 15.1. The van der Waals surface area contributed by atoms with Gasteiger partial charge in [-0.1, -0.05) is 67.9 Å². The van der Waals surface area contributed by atoms with Gasteiger partial charge in [0, 0.05) is 13.1 Å². The van der Waals surface area contributed by atoms with Crippen molar-refractivity contribution in [3.63, 3.8) is 0 Å². The molecule has 1 N–H and O–H groups in total. The first kappa shape index (κ1) is 30.9. The van der Waals surface area contributed by atoms with E-state index in [9.17, 15) is 18.0 Å². The Morgan fingerprint density at radius 3 is 2.10 bits per heavy atom. The van der Waals surface area contributed by atoms with Crippen LogP contribution in [0.3, 0.4) is 0 Å². The lowest BCUT2D eigenvalue weighted by molar-refractivity contribution is -0.138. The van der Waals surface area contributed by atoms with Gasteiger partial charge in [0.25, 0.3) is 10.0 Å². The fraction of sp³-hybridized carbons (Fsp3) is 0.375. The van der Waals surface area contributed by atoms with Gasteiger partial charge in [-0.05, 0) is 81.0 Å². The summed E-state index contributed by atoms with van der Waals surface area (Å²) in [5.74, 6) is -0.462. The number of benzene rings is 3. The van der Waals surface area contributed by atoms with Crippen molar-refractivity contribution >= 4 is 27.5 Å². The molecule has 0 aliphatic rings. The molecule has 8 heteroatoms. The van der Waals surface area contributed by atoms with Crippen LogP contribution in [0, 0.1) is 26.7 Å². The van der Waals surface area contributed by atoms with Crippen LogP contribution in [-0.2, 0) is 26.0 Å². The summed E-state index contributed by atoms with van der Waals surface area (Å²) in [4.78, 5) is 28.6. The maximum Gasteiger partial charge on any atom is 0.264 e. The van der Waals surface area contributed by atoms with Crippen LogP contribution in [0.25, 0.3) is 0 Å². The molecular weight excluding hydrogens is 522 g/mol. The number of amides is 2. The van der Waals surface area contributed by atoms with E-state index in [0.717, 1.165) is 26.6 Å². The highest BCUT2D eigenvalue weighted by Gasteiger charge is 2.32. The highest BCUT2D eigenvalue weighted by Crippen LogP contribution is 2.26. The Morgan fingerprint density at radius 2 is 1.50 bits per heavy atom. The van der Waals surface area contributed by atoms with Gasteiger partial charge in [-0.15, -0.1) is 0 Å². The van der Waals surface area contributed by atoms with Crippen LogP contribution in [0.4, 0.5) is 5.69 Å². The lowest BCUT2D eigenvalue weighted by Gasteiger charge is -2.32. The zero-order valence-electron chi connectivity index (χ0n) is 24.3. The molecule has 7 nitrogen and oxygen atoms in total. The Labute approximate surface area is 239 Å². The highest BCUT2D eigenvalue weighted by molar-refractivity contribution is 7.92. The first-order valence-electron chi connectivity index (χ1n) is 13.7. The summed E-state index contributed by atoms with van der Waals surface area (Å²) in [5.41, 5.74) is 4.28. The molecule has 0 spiro atoms. The quantitative estimate of drug-likeness (QED) is 0.335. The van der Waals surface area contributed by atoms with Gasteiger partial charge < -0.3 is 10.2 Å². The van der Waals surface area contributed by atoms with Crippen molar-refractivity contribution in [2.45, 2.75) is 58.9 Å². The van der Waals surface area contributed by atoms with Gasteiger partial charge in [0.1, 0.15) is 12.6 Å². The zero-order valence-corrected chi connectivity index (χ0v) is 25.2. The number of hydrogen-bond donors (Lipinski definition) is 1. The largest absolute Gasteiger partial charge is 0.354 e. The summed E-state index contributed by atoms with van der Waals surface area (Å²) >= 11 is 0. The van der Waals surface area contributed by atoms with Crippen molar-refractivity contribution in [1.82, 2.24) is 10.2 Å². The summed E-state index contributed by atoms with van der Waals surface area (Å²) in [5, 5.41) is 2.91. The highest BCUT2D eigenvalue weighted by atomic mass is 32.2. The molecule has 3 aromatic carbocycles. The standard InChI is InChI=1S/C32H41N3O4S/c1-23(2)21-33-32(37)27(6)34(19-18-28-10-8-7-9-11-28)31(36)22-35(29-15-14-25(4)26(5)20-29)40(38,39)30-16-12-24(3)13-17-30/h7-17,20,23,27H,18-19,21-22H2,1-6H3,(H,33,37). The fourth-order valence-corrected chi connectivity index (χ4v) is 5.68. The molecule has 1 unspecified atom stereocenters. The molecule has 3 aromatic rings. The second-order valence-electron chi connectivity index (χ2n) is 10.7. The number of rotatable bonds is 12. The van der Waals surface area contributed by atoms with Gasteiger partial charge in [-0.25, -0.2) is 8.42 Å². The summed E-state index contributed by atoms with van der Waals surface area (Å²) in [6, 6.07) is 20.9. The zero-order chi connectivity index (χ0) is 29.4. The molecule has 0 aromatic heterocycles. The molecule has 1 atom stereocenters. The second-order valence-corrected chi connectivity index (χ2v) is 12.6. The lowest BCUT2D eigenvalue weighted by atomic mass is 10.1. The number of anilines is 1. The number of carbonyl (C=O) groups excluding carboxylic acids is 2. The minimum Gasteiger partial charge on any atom is -0.354 e. The van der Waals surface area contributed by atoms with Gasteiger partial charge in [-0.3, -0.25) is 13.9 Å². The molecule has 0 heterocycles. The number of nitrogens with one attached hydrogen (secondary N) is 1. The molecule has 2 amide bonds. The maximum absolute atomic E-state index is 14.0. The van der Waals surface area contributed by atoms with Crippen LogP contribution in [0.15, 0.2) is 77.7 Å². The smallest absolute Gasteiger partial charge is 0.264 e. The summed E-state index contributed by atoms with van der Waals surface area (Å²) in [6.45, 7) is 11.8. The Bertz CT molecular complexity index is 1400. The van der Waals surface area contributed by atoms with E-state index >= 15 is 0 Å². The Hall–Kier alpha value is -3.65. The third-order valence-electron chi connectivity index (χ3n) is 7.00. The van der Waals surface area contributed by atoms with Crippen LogP contribution in [0.1, 0.15) is 43.0 Å². The molecule has 214 valence electrons. The van der Waals surface area contributed by atoms with Crippen LogP contribution >= 0.6 is 0 Å². The normalized spacial score (nSPS) is 12.2. The summed E-state index contributed by atoms with van der Waals surface area (Å²) < 4.78 is 29.0. The fourth-order valence-electron chi connectivity index (χ4n) is 4.27. The van der Waals surface area contributed by atoms with Crippen LogP contribution in [-0.4, -0.2) is 50.8 Å². The average Bonchev–Trinajstić information content (AvgIpc) is 2.92. The third-order valence-corrected chi connectivity index (χ3v) is 8.79. The first-order chi connectivity index (χ1) is 18.9. The Kier molecular flexibility index (Phi) is 10.5. The van der Waals surface area contributed by atoms with Crippen molar-refractivity contribution in [2.24, 2.45) is 5.92 Å². The van der Waals surface area contributed by atoms with E-state index in [1.54, 1.807) is 43.3 Å². The average molecular weight is 564 g/mol. The minimum atomic E-state index is -4.08. The van der Waals surface area contributed by atoms with Gasteiger partial charge in [0.2, 0.25) is 11.8 Å². The number of carbonyl (C=O) groups is 2. The van der Waals surface area contributed by atoms with Crippen LogP contribution in [0.5, 0.6) is 0 Å². The van der Waals surface area contributed by atoms with Gasteiger partial charge in [0.15, 0.2) is 0 Å². The molecular formula is C32H41N3O4S. The Balaban J connectivity index is 1.98. The molecule has 0 aliphatic heterocycles. The van der Waals surface area contributed by atoms with E-state index in [4.69, 9.17) is 0 Å². The van der Waals surface area contributed by atoms with Crippen molar-refractivity contribution in [3.8, 4) is 0 Å². The minimum absolute atomic E-state index is 0.0997. The SMILES string of the molecule is Cc1ccc(S(=O)(=O)N(CC(=O)N(CCc2ccccc2)C(C)C(=O)NCC(C)C)c2ccc(C)c(C)c2)cc1. The number of sulfonamides is 1. The molecule has 0 fully saturated rings. The summed E-state index contributed by atoms with van der Waals surface area (Å²) in [7, 11) is -4.08. The lowest BCUT2D eigenvalue weighted by Crippen LogP contribution is -2.52. The van der Waals surface area contributed by atoms with Crippen LogP contribution < -0.4 is 9.62 Å². The Morgan fingerprint density at radius 1 is 0.850 bits per heavy atom.